The Bertz CT molecular complexity index is 274. The van der Waals surface area contributed by atoms with Crippen molar-refractivity contribution in [1.82, 2.24) is 4.90 Å². The molecule has 0 unspecified atom stereocenters. The third kappa shape index (κ3) is 0.991. The molecule has 0 saturated carbocycles. The van der Waals surface area contributed by atoms with Crippen molar-refractivity contribution in [3.05, 3.63) is 21.9 Å². The summed E-state index contributed by atoms with van der Waals surface area (Å²) in [5.74, 6) is 0. The number of carbonyl (C=O) groups is 1. The molecule has 0 spiro atoms. The first-order valence-corrected chi connectivity index (χ1v) is 4.18. The fourth-order valence-corrected chi connectivity index (χ4v) is 2.13. The highest BCUT2D eigenvalue weighted by Crippen LogP contribution is 2.27. The summed E-state index contributed by atoms with van der Waals surface area (Å²) in [5, 5.41) is 10.6. The Labute approximate surface area is 67.9 Å². The number of fused-ring (bicyclic) bond motifs is 1. The predicted molar refractivity (Wildman–Crippen MR) is 41.6 cm³/mol. The summed E-state index contributed by atoms with van der Waals surface area (Å²) in [6.45, 7) is 1.14. The number of carboxylic acid groups (broad SMARTS) is 1. The Morgan fingerprint density at radius 1 is 1.64 bits per heavy atom. The van der Waals surface area contributed by atoms with Gasteiger partial charge in [0.2, 0.25) is 0 Å². The quantitative estimate of drug-likeness (QED) is 0.642. The third-order valence-corrected chi connectivity index (χ3v) is 2.75. The van der Waals surface area contributed by atoms with Gasteiger partial charge in [0.15, 0.2) is 0 Å². The third-order valence-electron chi connectivity index (χ3n) is 1.80. The predicted octanol–water partition coefficient (Wildman–Crippen LogP) is 1.74. The smallest absolute Gasteiger partial charge is 0.407 e. The summed E-state index contributed by atoms with van der Waals surface area (Å²) in [4.78, 5) is 13.1. The molecule has 0 atom stereocenters. The van der Waals surface area contributed by atoms with Gasteiger partial charge in [0.25, 0.3) is 0 Å². The van der Waals surface area contributed by atoms with Crippen molar-refractivity contribution in [2.45, 2.75) is 13.1 Å². The van der Waals surface area contributed by atoms with Crippen molar-refractivity contribution < 1.29 is 9.90 Å². The van der Waals surface area contributed by atoms with E-state index in [9.17, 15) is 4.79 Å². The zero-order valence-corrected chi connectivity index (χ0v) is 6.60. The van der Waals surface area contributed by atoms with Crippen LogP contribution >= 0.6 is 11.3 Å². The van der Waals surface area contributed by atoms with E-state index in [4.69, 9.17) is 5.11 Å². The monoisotopic (exact) mass is 169 g/mol. The van der Waals surface area contributed by atoms with E-state index in [1.807, 2.05) is 11.4 Å². The molecule has 1 N–H and O–H groups in total. The normalized spacial score (nSPS) is 15.1. The molecule has 58 valence electrons. The molecule has 2 heterocycles. The van der Waals surface area contributed by atoms with E-state index in [0.29, 0.717) is 13.1 Å². The van der Waals surface area contributed by atoms with Crippen LogP contribution in [0.15, 0.2) is 11.4 Å². The topological polar surface area (TPSA) is 40.5 Å². The standard InChI is InChI=1S/C7H7NO2S/c9-7(10)8-3-5-1-2-11-6(5)4-8/h1-2H,3-4H2,(H,9,10). The first-order valence-electron chi connectivity index (χ1n) is 3.30. The Hall–Kier alpha value is -1.03. The van der Waals surface area contributed by atoms with Gasteiger partial charge < -0.3 is 5.11 Å². The number of hydrogen-bond acceptors (Lipinski definition) is 2. The highest BCUT2D eigenvalue weighted by atomic mass is 32.1. The molecule has 0 bridgehead atoms. The molecular weight excluding hydrogens is 162 g/mol. The van der Waals surface area contributed by atoms with E-state index in [1.165, 1.54) is 9.78 Å². The highest BCUT2D eigenvalue weighted by molar-refractivity contribution is 7.10. The van der Waals surface area contributed by atoms with E-state index in [1.54, 1.807) is 11.3 Å². The molecule has 0 saturated heterocycles. The maximum Gasteiger partial charge on any atom is 0.407 e. The Morgan fingerprint density at radius 3 is 3.09 bits per heavy atom. The summed E-state index contributed by atoms with van der Waals surface area (Å²) < 4.78 is 0. The average Bonchev–Trinajstić information content (AvgIpc) is 2.40. The Morgan fingerprint density at radius 2 is 2.45 bits per heavy atom. The first-order chi connectivity index (χ1) is 5.27. The van der Waals surface area contributed by atoms with Crippen LogP contribution in [0.3, 0.4) is 0 Å². The molecule has 1 aliphatic rings. The molecule has 11 heavy (non-hydrogen) atoms. The molecule has 1 aromatic rings. The SMILES string of the molecule is O=C(O)N1Cc2ccsc2C1. The van der Waals surface area contributed by atoms with Crippen molar-refractivity contribution in [3.63, 3.8) is 0 Å². The van der Waals surface area contributed by atoms with Crippen LogP contribution in [0.1, 0.15) is 10.4 Å². The van der Waals surface area contributed by atoms with Gasteiger partial charge in [-0.1, -0.05) is 0 Å². The summed E-state index contributed by atoms with van der Waals surface area (Å²) in [6, 6.07) is 1.99. The van der Waals surface area contributed by atoms with E-state index in [0.717, 1.165) is 5.56 Å². The minimum Gasteiger partial charge on any atom is -0.465 e. The van der Waals surface area contributed by atoms with Gasteiger partial charge in [0.05, 0.1) is 13.1 Å². The average molecular weight is 169 g/mol. The number of nitrogens with zero attached hydrogens (tertiary/aromatic N) is 1. The fraction of sp³-hybridized carbons (Fsp3) is 0.286. The molecule has 1 aliphatic heterocycles. The van der Waals surface area contributed by atoms with Crippen LogP contribution in [0, 0.1) is 0 Å². The molecule has 0 fully saturated rings. The molecule has 1 amide bonds. The number of thiophene rings is 1. The molecular formula is C7H7NO2S. The minimum absolute atomic E-state index is 0.564. The van der Waals surface area contributed by atoms with Crippen molar-refractivity contribution in [2.75, 3.05) is 0 Å². The molecule has 0 radical (unpaired) electrons. The van der Waals surface area contributed by atoms with Crippen LogP contribution in [-0.2, 0) is 13.1 Å². The summed E-state index contributed by atoms with van der Waals surface area (Å²) in [6.07, 6.45) is -0.826. The van der Waals surface area contributed by atoms with Crippen LogP contribution in [0.2, 0.25) is 0 Å². The molecule has 0 aromatic carbocycles. The maximum absolute atomic E-state index is 10.5. The largest absolute Gasteiger partial charge is 0.465 e. The van der Waals surface area contributed by atoms with Crippen LogP contribution in [0.5, 0.6) is 0 Å². The highest BCUT2D eigenvalue weighted by Gasteiger charge is 2.23. The summed E-state index contributed by atoms with van der Waals surface area (Å²) in [5.41, 5.74) is 1.16. The summed E-state index contributed by atoms with van der Waals surface area (Å²) in [7, 11) is 0. The van der Waals surface area contributed by atoms with Gasteiger partial charge in [-0.15, -0.1) is 11.3 Å². The molecule has 1 aromatic heterocycles. The van der Waals surface area contributed by atoms with Crippen molar-refractivity contribution >= 4 is 17.4 Å². The van der Waals surface area contributed by atoms with Crippen LogP contribution in [-0.4, -0.2) is 16.1 Å². The molecule has 3 nitrogen and oxygen atoms in total. The second-order valence-corrected chi connectivity index (χ2v) is 3.51. The lowest BCUT2D eigenvalue weighted by Gasteiger charge is -2.08. The Balaban J connectivity index is 2.22. The van der Waals surface area contributed by atoms with Crippen molar-refractivity contribution in [2.24, 2.45) is 0 Å². The molecule has 4 heteroatoms. The molecule has 2 rings (SSSR count). The lowest BCUT2D eigenvalue weighted by atomic mass is 10.3. The van der Waals surface area contributed by atoms with Gasteiger partial charge >= 0.3 is 6.09 Å². The second kappa shape index (κ2) is 2.23. The zero-order chi connectivity index (χ0) is 7.84. The lowest BCUT2D eigenvalue weighted by Crippen LogP contribution is -2.22. The lowest BCUT2D eigenvalue weighted by molar-refractivity contribution is 0.145. The van der Waals surface area contributed by atoms with Gasteiger partial charge in [0.1, 0.15) is 0 Å². The van der Waals surface area contributed by atoms with Gasteiger partial charge in [-0.25, -0.2) is 4.79 Å². The summed E-state index contributed by atoms with van der Waals surface area (Å²) >= 11 is 1.63. The van der Waals surface area contributed by atoms with Gasteiger partial charge in [-0.3, -0.25) is 4.90 Å². The van der Waals surface area contributed by atoms with Gasteiger partial charge in [-0.2, -0.15) is 0 Å². The van der Waals surface area contributed by atoms with Gasteiger partial charge in [0, 0.05) is 4.88 Å². The van der Waals surface area contributed by atoms with E-state index < -0.39 is 6.09 Å². The number of amides is 1. The molecule has 0 aliphatic carbocycles. The minimum atomic E-state index is -0.826. The number of rotatable bonds is 0. The van der Waals surface area contributed by atoms with E-state index >= 15 is 0 Å². The fourth-order valence-electron chi connectivity index (χ4n) is 1.22. The van der Waals surface area contributed by atoms with Crippen LogP contribution in [0.4, 0.5) is 4.79 Å². The van der Waals surface area contributed by atoms with E-state index in [-0.39, 0.29) is 0 Å². The van der Waals surface area contributed by atoms with Crippen LogP contribution < -0.4 is 0 Å². The van der Waals surface area contributed by atoms with Gasteiger partial charge in [-0.05, 0) is 17.0 Å². The number of hydrogen-bond donors (Lipinski definition) is 1. The Kier molecular flexibility index (Phi) is 1.35. The van der Waals surface area contributed by atoms with Crippen LogP contribution in [0.25, 0.3) is 0 Å². The van der Waals surface area contributed by atoms with Crippen molar-refractivity contribution in [1.29, 1.82) is 0 Å². The maximum atomic E-state index is 10.5. The second-order valence-electron chi connectivity index (χ2n) is 2.51. The van der Waals surface area contributed by atoms with E-state index in [2.05, 4.69) is 0 Å². The van der Waals surface area contributed by atoms with Crippen molar-refractivity contribution in [3.8, 4) is 0 Å². The zero-order valence-electron chi connectivity index (χ0n) is 5.78. The first kappa shape index (κ1) is 6.67.